The minimum absolute atomic E-state index is 0.102. The molecule has 0 radical (unpaired) electrons. The molecule has 4 rings (SSSR count). The van der Waals surface area contributed by atoms with Gasteiger partial charge in [-0.15, -0.1) is 10.2 Å². The normalized spacial score (nSPS) is 11.0. The predicted octanol–water partition coefficient (Wildman–Crippen LogP) is 3.01. The first-order valence-corrected chi connectivity index (χ1v) is 7.46. The fraction of sp³-hybridized carbons (Fsp3) is 0.0588. The molecule has 0 aliphatic carbocycles. The second kappa shape index (κ2) is 5.90. The summed E-state index contributed by atoms with van der Waals surface area (Å²) in [6.07, 6.45) is 3.23. The molecule has 4 aromatic rings. The summed E-state index contributed by atoms with van der Waals surface area (Å²) in [4.78, 5) is 5.55. The van der Waals surface area contributed by atoms with E-state index in [4.69, 9.17) is 0 Å². The van der Waals surface area contributed by atoms with Crippen LogP contribution in [0, 0.1) is 11.6 Å². The quantitative estimate of drug-likeness (QED) is 0.576. The number of imidazole rings is 1. The van der Waals surface area contributed by atoms with Crippen molar-refractivity contribution in [1.82, 2.24) is 29.8 Å². The Hall–Kier alpha value is -3.42. The van der Waals surface area contributed by atoms with Crippen molar-refractivity contribution < 1.29 is 8.78 Å². The first-order chi connectivity index (χ1) is 12.1. The van der Waals surface area contributed by atoms with Gasteiger partial charge in [0, 0.05) is 23.6 Å². The van der Waals surface area contributed by atoms with Gasteiger partial charge in [-0.05, 0) is 41.6 Å². The SMILES string of the molecule is Cn1nnc(-c2ccc(-n3ccnc3-c3cccc(F)c3F)cc2)n1. The first-order valence-electron chi connectivity index (χ1n) is 7.46. The minimum Gasteiger partial charge on any atom is -0.300 e. The molecule has 2 heterocycles. The maximum absolute atomic E-state index is 14.1. The van der Waals surface area contributed by atoms with E-state index >= 15 is 0 Å². The van der Waals surface area contributed by atoms with Gasteiger partial charge in [0.15, 0.2) is 11.6 Å². The van der Waals surface area contributed by atoms with Gasteiger partial charge < -0.3 is 0 Å². The van der Waals surface area contributed by atoms with Crippen LogP contribution in [0.2, 0.25) is 0 Å². The van der Waals surface area contributed by atoms with E-state index in [2.05, 4.69) is 20.4 Å². The average Bonchev–Trinajstić information content (AvgIpc) is 3.27. The van der Waals surface area contributed by atoms with Gasteiger partial charge in [-0.3, -0.25) is 4.57 Å². The lowest BCUT2D eigenvalue weighted by Gasteiger charge is -2.09. The van der Waals surface area contributed by atoms with E-state index in [-0.39, 0.29) is 5.56 Å². The summed E-state index contributed by atoms with van der Waals surface area (Å²) >= 11 is 0. The summed E-state index contributed by atoms with van der Waals surface area (Å²) in [7, 11) is 1.69. The van der Waals surface area contributed by atoms with Crippen molar-refractivity contribution in [3.8, 4) is 28.5 Å². The number of hydrogen-bond donors (Lipinski definition) is 0. The molecule has 2 aromatic carbocycles. The van der Waals surface area contributed by atoms with Crippen LogP contribution in [0.15, 0.2) is 54.9 Å². The Morgan fingerprint density at radius 3 is 2.52 bits per heavy atom. The molecule has 6 nitrogen and oxygen atoms in total. The van der Waals surface area contributed by atoms with E-state index < -0.39 is 11.6 Å². The summed E-state index contributed by atoms with van der Waals surface area (Å²) in [5.41, 5.74) is 1.66. The first kappa shape index (κ1) is 15.1. The third kappa shape index (κ3) is 2.67. The maximum atomic E-state index is 14.1. The molecular formula is C17H12F2N6. The smallest absolute Gasteiger partial charge is 0.204 e. The van der Waals surface area contributed by atoms with E-state index in [1.165, 1.54) is 23.1 Å². The zero-order chi connectivity index (χ0) is 17.4. The summed E-state index contributed by atoms with van der Waals surface area (Å²) < 4.78 is 29.3. The monoisotopic (exact) mass is 338 g/mol. The molecule has 0 bridgehead atoms. The Morgan fingerprint density at radius 2 is 1.80 bits per heavy atom. The van der Waals surface area contributed by atoms with Crippen molar-refractivity contribution in [2.75, 3.05) is 0 Å². The largest absolute Gasteiger partial charge is 0.300 e. The van der Waals surface area contributed by atoms with Crippen LogP contribution in [0.3, 0.4) is 0 Å². The Kier molecular flexibility index (Phi) is 3.57. The van der Waals surface area contributed by atoms with E-state index in [0.29, 0.717) is 11.6 Å². The van der Waals surface area contributed by atoms with E-state index in [9.17, 15) is 8.78 Å². The molecule has 25 heavy (non-hydrogen) atoms. The molecule has 8 heteroatoms. The van der Waals surface area contributed by atoms with Crippen molar-refractivity contribution in [3.05, 3.63) is 66.5 Å². The summed E-state index contributed by atoms with van der Waals surface area (Å²) in [6, 6.07) is 11.3. The molecule has 0 atom stereocenters. The van der Waals surface area contributed by atoms with Gasteiger partial charge in [0.2, 0.25) is 5.82 Å². The standard InChI is InChI=1S/C17H12F2N6/c1-24-22-16(21-23-24)11-5-7-12(8-6-11)25-10-9-20-17(25)13-3-2-4-14(18)15(13)19/h2-10H,1H3. The van der Waals surface area contributed by atoms with Gasteiger partial charge in [0.25, 0.3) is 0 Å². The van der Waals surface area contributed by atoms with E-state index in [1.807, 2.05) is 24.3 Å². The van der Waals surface area contributed by atoms with Gasteiger partial charge in [-0.25, -0.2) is 13.8 Å². The summed E-state index contributed by atoms with van der Waals surface area (Å²) in [5.74, 6) is -0.995. The molecule has 0 aliphatic rings. The number of halogens is 2. The van der Waals surface area contributed by atoms with Gasteiger partial charge >= 0.3 is 0 Å². The van der Waals surface area contributed by atoms with Crippen LogP contribution in [-0.2, 0) is 7.05 Å². The molecule has 2 aromatic heterocycles. The highest BCUT2D eigenvalue weighted by atomic mass is 19.2. The summed E-state index contributed by atoms with van der Waals surface area (Å²) in [6.45, 7) is 0. The zero-order valence-electron chi connectivity index (χ0n) is 13.1. The maximum Gasteiger partial charge on any atom is 0.204 e. The van der Waals surface area contributed by atoms with Crippen molar-refractivity contribution in [1.29, 1.82) is 0 Å². The highest BCUT2D eigenvalue weighted by Crippen LogP contribution is 2.26. The van der Waals surface area contributed by atoms with Crippen molar-refractivity contribution in [2.45, 2.75) is 0 Å². The Bertz CT molecular complexity index is 1040. The Balaban J connectivity index is 1.74. The second-order valence-electron chi connectivity index (χ2n) is 5.37. The summed E-state index contributed by atoms with van der Waals surface area (Å²) in [5, 5.41) is 11.9. The molecular weight excluding hydrogens is 326 g/mol. The fourth-order valence-electron chi connectivity index (χ4n) is 2.56. The number of rotatable bonds is 3. The highest BCUT2D eigenvalue weighted by molar-refractivity contribution is 5.61. The van der Waals surface area contributed by atoms with Crippen LogP contribution < -0.4 is 0 Å². The lowest BCUT2D eigenvalue weighted by atomic mass is 10.1. The lowest BCUT2D eigenvalue weighted by molar-refractivity contribution is 0.510. The zero-order valence-corrected chi connectivity index (χ0v) is 13.1. The number of hydrogen-bond acceptors (Lipinski definition) is 4. The molecule has 0 saturated carbocycles. The number of nitrogens with zero attached hydrogens (tertiary/aromatic N) is 6. The minimum atomic E-state index is -0.921. The fourth-order valence-corrected chi connectivity index (χ4v) is 2.56. The molecule has 0 unspecified atom stereocenters. The van der Waals surface area contributed by atoms with Crippen LogP contribution in [0.4, 0.5) is 8.78 Å². The molecule has 0 amide bonds. The number of aryl methyl sites for hydroxylation is 1. The molecule has 0 spiro atoms. The molecule has 0 fully saturated rings. The predicted molar refractivity (Wildman–Crippen MR) is 86.7 cm³/mol. The lowest BCUT2D eigenvalue weighted by Crippen LogP contribution is -1.99. The van der Waals surface area contributed by atoms with Crippen LogP contribution in [0.25, 0.3) is 28.5 Å². The third-order valence-electron chi connectivity index (χ3n) is 3.75. The van der Waals surface area contributed by atoms with Crippen LogP contribution in [0.5, 0.6) is 0 Å². The molecule has 0 aliphatic heterocycles. The van der Waals surface area contributed by atoms with Gasteiger partial charge in [-0.2, -0.15) is 4.80 Å². The van der Waals surface area contributed by atoms with E-state index in [0.717, 1.165) is 17.3 Å². The van der Waals surface area contributed by atoms with Crippen LogP contribution in [-0.4, -0.2) is 29.8 Å². The topological polar surface area (TPSA) is 61.4 Å². The molecule has 124 valence electrons. The average molecular weight is 338 g/mol. The van der Waals surface area contributed by atoms with E-state index in [1.54, 1.807) is 17.8 Å². The van der Waals surface area contributed by atoms with Crippen LogP contribution >= 0.6 is 0 Å². The van der Waals surface area contributed by atoms with Gasteiger partial charge in [0.05, 0.1) is 12.6 Å². The molecule has 0 N–H and O–H groups in total. The van der Waals surface area contributed by atoms with Crippen molar-refractivity contribution in [2.24, 2.45) is 7.05 Å². The third-order valence-corrected chi connectivity index (χ3v) is 3.75. The Morgan fingerprint density at radius 1 is 1.00 bits per heavy atom. The van der Waals surface area contributed by atoms with Gasteiger partial charge in [-0.1, -0.05) is 6.07 Å². The van der Waals surface area contributed by atoms with Gasteiger partial charge in [0.1, 0.15) is 5.82 Å². The number of aromatic nitrogens is 6. The highest BCUT2D eigenvalue weighted by Gasteiger charge is 2.15. The number of benzene rings is 2. The number of tetrazole rings is 1. The molecule has 0 saturated heterocycles. The van der Waals surface area contributed by atoms with Crippen molar-refractivity contribution in [3.63, 3.8) is 0 Å². The Labute approximate surface area is 141 Å². The van der Waals surface area contributed by atoms with Crippen LogP contribution in [0.1, 0.15) is 0 Å². The second-order valence-corrected chi connectivity index (χ2v) is 5.37. The van der Waals surface area contributed by atoms with Crippen molar-refractivity contribution >= 4 is 0 Å².